The molecule has 0 aliphatic heterocycles. The summed E-state index contributed by atoms with van der Waals surface area (Å²) in [5, 5.41) is 15.3. The van der Waals surface area contributed by atoms with Crippen LogP contribution in [0.4, 0.5) is 11.6 Å². The molecule has 0 aliphatic carbocycles. The lowest BCUT2D eigenvalue weighted by atomic mass is 10.2. The normalized spacial score (nSPS) is 10.5. The first-order chi connectivity index (χ1) is 9.19. The van der Waals surface area contributed by atoms with Crippen molar-refractivity contribution < 1.29 is 5.11 Å². The monoisotopic (exact) mass is 266 g/mol. The number of unbranched alkanes of at least 4 members (excludes halogenated alkanes) is 3. The van der Waals surface area contributed by atoms with Crippen LogP contribution in [0, 0.1) is 13.8 Å². The molecular weight excluding hydrogens is 240 g/mol. The summed E-state index contributed by atoms with van der Waals surface area (Å²) < 4.78 is 0. The number of nitrogens with zero attached hydrogens (tertiary/aromatic N) is 2. The number of rotatable bonds is 9. The van der Waals surface area contributed by atoms with Crippen molar-refractivity contribution in [2.24, 2.45) is 0 Å². The smallest absolute Gasteiger partial charge is 0.134 e. The van der Waals surface area contributed by atoms with Crippen LogP contribution in [0.1, 0.15) is 44.0 Å². The van der Waals surface area contributed by atoms with Crippen LogP contribution >= 0.6 is 0 Å². The van der Waals surface area contributed by atoms with Crippen LogP contribution in [0.3, 0.4) is 0 Å². The zero-order chi connectivity index (χ0) is 14.1. The molecule has 1 aromatic heterocycles. The number of hydrogen-bond donors (Lipinski definition) is 3. The average molecular weight is 266 g/mol. The lowest BCUT2D eigenvalue weighted by Crippen LogP contribution is -2.10. The molecule has 0 aromatic carbocycles. The van der Waals surface area contributed by atoms with Gasteiger partial charge in [-0.05, 0) is 33.6 Å². The first-order valence-corrected chi connectivity index (χ1v) is 7.12. The highest BCUT2D eigenvalue weighted by molar-refractivity contribution is 5.57. The van der Waals surface area contributed by atoms with Crippen LogP contribution in [-0.4, -0.2) is 34.8 Å². The van der Waals surface area contributed by atoms with Crippen molar-refractivity contribution in [1.29, 1.82) is 0 Å². The van der Waals surface area contributed by atoms with E-state index in [9.17, 15) is 0 Å². The third-order valence-corrected chi connectivity index (χ3v) is 2.98. The summed E-state index contributed by atoms with van der Waals surface area (Å²) >= 11 is 0. The number of anilines is 2. The van der Waals surface area contributed by atoms with E-state index in [4.69, 9.17) is 5.11 Å². The van der Waals surface area contributed by atoms with Crippen molar-refractivity contribution in [2.45, 2.75) is 46.5 Å². The van der Waals surface area contributed by atoms with Crippen LogP contribution < -0.4 is 10.6 Å². The predicted octanol–water partition coefficient (Wildman–Crippen LogP) is 2.49. The van der Waals surface area contributed by atoms with E-state index in [0.29, 0.717) is 6.61 Å². The number of aliphatic hydroxyl groups is 1. The van der Waals surface area contributed by atoms with Gasteiger partial charge in [0.25, 0.3) is 0 Å². The van der Waals surface area contributed by atoms with Gasteiger partial charge in [-0.25, -0.2) is 9.97 Å². The second kappa shape index (κ2) is 8.69. The Morgan fingerprint density at radius 2 is 1.58 bits per heavy atom. The van der Waals surface area contributed by atoms with E-state index in [2.05, 4.69) is 27.5 Å². The molecule has 0 aliphatic rings. The molecule has 0 atom stereocenters. The summed E-state index contributed by atoms with van der Waals surface area (Å²) in [5.41, 5.74) is 1.07. The van der Waals surface area contributed by atoms with Gasteiger partial charge in [0, 0.05) is 25.3 Å². The molecule has 1 heterocycles. The first kappa shape index (κ1) is 15.7. The minimum absolute atomic E-state index is 0.295. The van der Waals surface area contributed by atoms with Gasteiger partial charge in [0.1, 0.15) is 17.5 Å². The minimum atomic E-state index is 0.295. The molecule has 5 heteroatoms. The molecule has 0 fully saturated rings. The Balaban J connectivity index is 2.48. The topological polar surface area (TPSA) is 70.1 Å². The highest BCUT2D eigenvalue weighted by Crippen LogP contribution is 2.19. The Morgan fingerprint density at radius 3 is 2.21 bits per heavy atom. The maximum atomic E-state index is 8.71. The molecule has 0 amide bonds. The van der Waals surface area contributed by atoms with Gasteiger partial charge in [-0.2, -0.15) is 0 Å². The summed E-state index contributed by atoms with van der Waals surface area (Å²) in [6.45, 7) is 8.07. The van der Waals surface area contributed by atoms with Crippen molar-refractivity contribution >= 4 is 11.6 Å². The third kappa shape index (κ3) is 5.42. The fourth-order valence-electron chi connectivity index (χ4n) is 1.94. The SMILES string of the molecule is CCNc1nc(C)nc(NCCCCCCO)c1C. The van der Waals surface area contributed by atoms with Crippen LogP contribution in [0.5, 0.6) is 0 Å². The highest BCUT2D eigenvalue weighted by atomic mass is 16.2. The standard InChI is InChI=1S/C14H26N4O/c1-4-15-13-11(2)14(18-12(3)17-13)16-9-7-5-6-8-10-19/h19H,4-10H2,1-3H3,(H2,15,16,17,18). The molecule has 0 saturated heterocycles. The van der Waals surface area contributed by atoms with E-state index < -0.39 is 0 Å². The summed E-state index contributed by atoms with van der Waals surface area (Å²) in [6.07, 6.45) is 4.22. The summed E-state index contributed by atoms with van der Waals surface area (Å²) in [5.74, 6) is 2.62. The lowest BCUT2D eigenvalue weighted by Gasteiger charge is -2.13. The number of hydrogen-bond acceptors (Lipinski definition) is 5. The predicted molar refractivity (Wildman–Crippen MR) is 79.7 cm³/mol. The highest BCUT2D eigenvalue weighted by Gasteiger charge is 2.07. The largest absolute Gasteiger partial charge is 0.396 e. The van der Waals surface area contributed by atoms with Crippen molar-refractivity contribution in [2.75, 3.05) is 30.3 Å². The molecule has 108 valence electrons. The number of aliphatic hydroxyl groups excluding tert-OH is 1. The van der Waals surface area contributed by atoms with E-state index in [-0.39, 0.29) is 0 Å². The Hall–Kier alpha value is -1.36. The average Bonchev–Trinajstić information content (AvgIpc) is 2.39. The Bertz CT molecular complexity index is 382. The molecule has 1 rings (SSSR count). The van der Waals surface area contributed by atoms with Crippen molar-refractivity contribution in [3.8, 4) is 0 Å². The van der Waals surface area contributed by atoms with Gasteiger partial charge in [0.2, 0.25) is 0 Å². The number of aryl methyl sites for hydroxylation is 1. The quantitative estimate of drug-likeness (QED) is 0.599. The number of nitrogens with one attached hydrogen (secondary N) is 2. The zero-order valence-electron chi connectivity index (χ0n) is 12.3. The maximum absolute atomic E-state index is 8.71. The van der Waals surface area contributed by atoms with E-state index >= 15 is 0 Å². The molecule has 3 N–H and O–H groups in total. The van der Waals surface area contributed by atoms with Gasteiger partial charge in [0.05, 0.1) is 0 Å². The summed E-state index contributed by atoms with van der Waals surface area (Å²) in [6, 6.07) is 0. The van der Waals surface area contributed by atoms with Crippen molar-refractivity contribution in [3.05, 3.63) is 11.4 Å². The van der Waals surface area contributed by atoms with Crippen LogP contribution in [0.25, 0.3) is 0 Å². The minimum Gasteiger partial charge on any atom is -0.396 e. The fourth-order valence-corrected chi connectivity index (χ4v) is 1.94. The van der Waals surface area contributed by atoms with Crippen LogP contribution in [0.15, 0.2) is 0 Å². The van der Waals surface area contributed by atoms with Gasteiger partial charge in [-0.3, -0.25) is 0 Å². The third-order valence-electron chi connectivity index (χ3n) is 2.98. The van der Waals surface area contributed by atoms with Gasteiger partial charge >= 0.3 is 0 Å². The second-order valence-electron chi connectivity index (χ2n) is 4.69. The maximum Gasteiger partial charge on any atom is 0.134 e. The Morgan fingerprint density at radius 1 is 0.947 bits per heavy atom. The first-order valence-electron chi connectivity index (χ1n) is 7.12. The van der Waals surface area contributed by atoms with Crippen LogP contribution in [0.2, 0.25) is 0 Å². The Labute approximate surface area is 115 Å². The number of aromatic nitrogens is 2. The fraction of sp³-hybridized carbons (Fsp3) is 0.714. The summed E-state index contributed by atoms with van der Waals surface area (Å²) in [7, 11) is 0. The molecule has 0 unspecified atom stereocenters. The molecule has 0 bridgehead atoms. The molecule has 0 radical (unpaired) electrons. The lowest BCUT2D eigenvalue weighted by molar-refractivity contribution is 0.283. The van der Waals surface area contributed by atoms with Crippen LogP contribution in [-0.2, 0) is 0 Å². The molecular formula is C14H26N4O. The second-order valence-corrected chi connectivity index (χ2v) is 4.69. The van der Waals surface area contributed by atoms with E-state index in [1.165, 1.54) is 0 Å². The van der Waals surface area contributed by atoms with E-state index in [1.807, 2.05) is 13.8 Å². The van der Waals surface area contributed by atoms with E-state index in [1.54, 1.807) is 0 Å². The zero-order valence-corrected chi connectivity index (χ0v) is 12.3. The van der Waals surface area contributed by atoms with Gasteiger partial charge < -0.3 is 15.7 Å². The van der Waals surface area contributed by atoms with Gasteiger partial charge in [-0.1, -0.05) is 12.8 Å². The molecule has 1 aromatic rings. The van der Waals surface area contributed by atoms with Gasteiger partial charge in [-0.15, -0.1) is 0 Å². The molecule has 0 spiro atoms. The molecule has 0 saturated carbocycles. The Kier molecular flexibility index (Phi) is 7.18. The molecule has 5 nitrogen and oxygen atoms in total. The molecule has 19 heavy (non-hydrogen) atoms. The van der Waals surface area contributed by atoms with E-state index in [0.717, 1.165) is 61.8 Å². The van der Waals surface area contributed by atoms with Crippen molar-refractivity contribution in [1.82, 2.24) is 9.97 Å². The van der Waals surface area contributed by atoms with Gasteiger partial charge in [0.15, 0.2) is 0 Å². The van der Waals surface area contributed by atoms with Crippen molar-refractivity contribution in [3.63, 3.8) is 0 Å². The summed E-state index contributed by atoms with van der Waals surface area (Å²) in [4.78, 5) is 8.85.